The molecule has 0 bridgehead atoms. The predicted octanol–water partition coefficient (Wildman–Crippen LogP) is 4.41. The van der Waals surface area contributed by atoms with Crippen LogP contribution in [-0.4, -0.2) is 43.3 Å². The van der Waals surface area contributed by atoms with Crippen molar-refractivity contribution < 1.29 is 13.2 Å². The molecule has 0 spiro atoms. The Morgan fingerprint density at radius 2 is 1.63 bits per heavy atom. The molecule has 9 heteroatoms. The van der Waals surface area contributed by atoms with Gasteiger partial charge in [0.1, 0.15) is 5.84 Å². The number of nitrogens with zero attached hydrogens (tertiary/aromatic N) is 2. The molecule has 0 radical (unpaired) electrons. The molecule has 4 rings (SSSR count). The fraction of sp³-hybridized carbons (Fsp3) is 0.462. The van der Waals surface area contributed by atoms with E-state index in [1.165, 1.54) is 4.31 Å². The summed E-state index contributed by atoms with van der Waals surface area (Å²) in [7, 11) is -3.74. The van der Waals surface area contributed by atoms with Gasteiger partial charge in [-0.1, -0.05) is 56.0 Å². The van der Waals surface area contributed by atoms with Crippen LogP contribution >= 0.6 is 0 Å². The molecule has 188 valence electrons. The summed E-state index contributed by atoms with van der Waals surface area (Å²) in [5.41, 5.74) is 6.96. The van der Waals surface area contributed by atoms with Gasteiger partial charge in [-0.05, 0) is 56.4 Å². The summed E-state index contributed by atoms with van der Waals surface area (Å²) in [6, 6.07) is 15.3. The van der Waals surface area contributed by atoms with Crippen LogP contribution in [0.2, 0.25) is 0 Å². The minimum absolute atomic E-state index is 0.00230. The second-order valence-electron chi connectivity index (χ2n) is 9.37. The van der Waals surface area contributed by atoms with E-state index < -0.39 is 16.2 Å². The van der Waals surface area contributed by atoms with Gasteiger partial charge in [-0.25, -0.2) is 13.2 Å². The second kappa shape index (κ2) is 11.2. The topological polar surface area (TPSA) is 120 Å². The van der Waals surface area contributed by atoms with Crippen LogP contribution < -0.4 is 16.0 Å². The van der Waals surface area contributed by atoms with Crippen molar-refractivity contribution >= 4 is 27.6 Å². The molecule has 8 nitrogen and oxygen atoms in total. The number of carbonyl (C=O) groups excluding carboxylic acids is 1. The predicted molar refractivity (Wildman–Crippen MR) is 138 cm³/mol. The molecule has 1 saturated carbocycles. The third-order valence-corrected chi connectivity index (χ3v) is 8.86. The van der Waals surface area contributed by atoms with Crippen LogP contribution in [0.3, 0.4) is 0 Å². The van der Waals surface area contributed by atoms with E-state index in [0.29, 0.717) is 24.2 Å². The summed E-state index contributed by atoms with van der Waals surface area (Å²) in [5, 5.41) is 10.9. The summed E-state index contributed by atoms with van der Waals surface area (Å²) < 4.78 is 28.3. The van der Waals surface area contributed by atoms with Crippen LogP contribution in [0.1, 0.15) is 63.4 Å². The molecule has 2 fully saturated rings. The van der Waals surface area contributed by atoms with E-state index in [9.17, 15) is 13.2 Å². The molecule has 35 heavy (non-hydrogen) atoms. The standard InChI is InChI=1S/C26H35N5O3S/c27-25(28)20-11-10-14-22(19-20)31(21-12-4-1-2-5-13-21)26(32)29-24-17-8-9-18-30(24)35(33,34)23-15-6-3-7-16-23/h3,6-7,10-11,14-16,19,21,24H,1-2,4-5,8-9,12-13,17-18H2,(H3,27,28)(H,29,32). The van der Waals surface area contributed by atoms with Crippen LogP contribution in [0.25, 0.3) is 0 Å². The SMILES string of the molecule is N=C(N)c1cccc(N(C(=O)NC2CCCCN2S(=O)(=O)c2ccccc2)C2CCCCCC2)c1. The van der Waals surface area contributed by atoms with Gasteiger partial charge in [-0.2, -0.15) is 4.31 Å². The third kappa shape index (κ3) is 5.85. The monoisotopic (exact) mass is 497 g/mol. The van der Waals surface area contributed by atoms with Crippen LogP contribution in [0.15, 0.2) is 59.5 Å². The number of sulfonamides is 1. The lowest BCUT2D eigenvalue weighted by atomic mass is 10.1. The van der Waals surface area contributed by atoms with E-state index in [-0.39, 0.29) is 22.8 Å². The molecule has 2 aliphatic rings. The van der Waals surface area contributed by atoms with Crippen molar-refractivity contribution in [2.45, 2.75) is 74.9 Å². The Morgan fingerprint density at radius 1 is 0.943 bits per heavy atom. The highest BCUT2D eigenvalue weighted by atomic mass is 32.2. The van der Waals surface area contributed by atoms with E-state index in [1.807, 2.05) is 6.07 Å². The molecule has 1 atom stereocenters. The molecular formula is C26H35N5O3S. The van der Waals surface area contributed by atoms with E-state index >= 15 is 0 Å². The Balaban J connectivity index is 1.63. The molecule has 2 aromatic carbocycles. The van der Waals surface area contributed by atoms with Crippen LogP contribution in [0.5, 0.6) is 0 Å². The highest BCUT2D eigenvalue weighted by molar-refractivity contribution is 7.89. The van der Waals surface area contributed by atoms with Crippen molar-refractivity contribution in [1.82, 2.24) is 9.62 Å². The van der Waals surface area contributed by atoms with Gasteiger partial charge in [0.2, 0.25) is 10.0 Å². The van der Waals surface area contributed by atoms with Crippen LogP contribution in [0.4, 0.5) is 10.5 Å². The van der Waals surface area contributed by atoms with Crippen molar-refractivity contribution in [3.63, 3.8) is 0 Å². The van der Waals surface area contributed by atoms with Gasteiger partial charge in [0.25, 0.3) is 0 Å². The Kier molecular flexibility index (Phi) is 8.07. The highest BCUT2D eigenvalue weighted by Crippen LogP contribution is 2.29. The maximum Gasteiger partial charge on any atom is 0.323 e. The molecule has 1 aliphatic carbocycles. The number of nitrogens with one attached hydrogen (secondary N) is 2. The zero-order valence-corrected chi connectivity index (χ0v) is 20.8. The minimum atomic E-state index is -3.74. The molecule has 0 aromatic heterocycles. The number of carbonyl (C=O) groups is 1. The smallest absolute Gasteiger partial charge is 0.323 e. The first-order chi connectivity index (χ1) is 16.9. The highest BCUT2D eigenvalue weighted by Gasteiger charge is 2.36. The summed E-state index contributed by atoms with van der Waals surface area (Å²) >= 11 is 0. The van der Waals surface area contributed by atoms with Crippen molar-refractivity contribution in [2.75, 3.05) is 11.4 Å². The number of anilines is 1. The Hall–Kier alpha value is -2.91. The zero-order valence-electron chi connectivity index (χ0n) is 20.0. The second-order valence-corrected chi connectivity index (χ2v) is 11.3. The molecule has 2 aromatic rings. The largest absolute Gasteiger partial charge is 0.384 e. The lowest BCUT2D eigenvalue weighted by Crippen LogP contribution is -2.57. The molecule has 1 aliphatic heterocycles. The van der Waals surface area contributed by atoms with Gasteiger partial charge in [-0.3, -0.25) is 10.3 Å². The first-order valence-electron chi connectivity index (χ1n) is 12.5. The number of urea groups is 1. The van der Waals surface area contributed by atoms with Gasteiger partial charge in [0, 0.05) is 23.8 Å². The van der Waals surface area contributed by atoms with E-state index in [2.05, 4.69) is 5.32 Å². The number of piperidine rings is 1. The average molecular weight is 498 g/mol. The van der Waals surface area contributed by atoms with Crippen molar-refractivity contribution in [1.29, 1.82) is 5.41 Å². The number of hydrogen-bond donors (Lipinski definition) is 3. The summed E-state index contributed by atoms with van der Waals surface area (Å²) in [5.74, 6) is -0.0551. The first kappa shape index (κ1) is 25.2. The number of amidine groups is 1. The number of nitrogens with two attached hydrogens (primary N) is 1. The number of rotatable bonds is 6. The summed E-state index contributed by atoms with van der Waals surface area (Å²) in [6.07, 6.45) is 7.67. The summed E-state index contributed by atoms with van der Waals surface area (Å²) in [6.45, 7) is 0.366. The fourth-order valence-electron chi connectivity index (χ4n) is 5.11. The van der Waals surface area contributed by atoms with Crippen LogP contribution in [0, 0.1) is 5.41 Å². The Morgan fingerprint density at radius 3 is 2.31 bits per heavy atom. The Bertz CT molecular complexity index is 1130. The molecule has 2 amide bonds. The van der Waals surface area contributed by atoms with Crippen LogP contribution in [-0.2, 0) is 10.0 Å². The maximum atomic E-state index is 13.8. The quantitative estimate of drug-likeness (QED) is 0.311. The van der Waals surface area contributed by atoms with Gasteiger partial charge in [0.15, 0.2) is 0 Å². The van der Waals surface area contributed by atoms with Crippen molar-refractivity contribution in [2.24, 2.45) is 5.73 Å². The number of benzene rings is 2. The van der Waals surface area contributed by atoms with Gasteiger partial charge in [-0.15, -0.1) is 0 Å². The van der Waals surface area contributed by atoms with Crippen molar-refractivity contribution in [3.05, 3.63) is 60.2 Å². The third-order valence-electron chi connectivity index (χ3n) is 6.94. The fourth-order valence-corrected chi connectivity index (χ4v) is 6.74. The Labute approximate surface area is 208 Å². The molecule has 1 saturated heterocycles. The maximum absolute atomic E-state index is 13.8. The molecule has 1 unspecified atom stereocenters. The van der Waals surface area contributed by atoms with Gasteiger partial charge >= 0.3 is 6.03 Å². The average Bonchev–Trinajstić information content (AvgIpc) is 3.14. The lowest BCUT2D eigenvalue weighted by Gasteiger charge is -2.38. The normalized spacial score (nSPS) is 20.1. The first-order valence-corrected chi connectivity index (χ1v) is 13.9. The summed E-state index contributed by atoms with van der Waals surface area (Å²) in [4.78, 5) is 15.8. The number of hydrogen-bond acceptors (Lipinski definition) is 4. The van der Waals surface area contributed by atoms with E-state index in [4.69, 9.17) is 11.1 Å². The van der Waals surface area contributed by atoms with E-state index in [0.717, 1.165) is 51.4 Å². The number of nitrogen functional groups attached to an aromatic ring is 1. The lowest BCUT2D eigenvalue weighted by molar-refractivity contribution is 0.200. The van der Waals surface area contributed by atoms with E-state index in [1.54, 1.807) is 53.4 Å². The minimum Gasteiger partial charge on any atom is -0.384 e. The number of amides is 2. The molecule has 1 heterocycles. The molecular weight excluding hydrogens is 462 g/mol. The van der Waals surface area contributed by atoms with Crippen molar-refractivity contribution in [3.8, 4) is 0 Å². The van der Waals surface area contributed by atoms with Gasteiger partial charge < -0.3 is 11.1 Å². The molecule has 4 N–H and O–H groups in total. The van der Waals surface area contributed by atoms with Gasteiger partial charge in [0.05, 0.1) is 11.1 Å². The zero-order chi connectivity index (χ0) is 24.8.